The zero-order valence-corrected chi connectivity index (χ0v) is 39.5. The van der Waals surface area contributed by atoms with Crippen molar-refractivity contribution in [2.24, 2.45) is 0 Å². The lowest BCUT2D eigenvalue weighted by atomic mass is 9.92. The van der Waals surface area contributed by atoms with E-state index >= 15 is 0 Å². The number of aryl methyl sites for hydroxylation is 4. The molecule has 0 aliphatic heterocycles. The largest absolute Gasteiger partial charge is 0.522 e. The topological polar surface area (TPSA) is 127 Å². The van der Waals surface area contributed by atoms with E-state index in [1.807, 2.05) is 12.1 Å². The van der Waals surface area contributed by atoms with E-state index in [4.69, 9.17) is 42.1 Å². The summed E-state index contributed by atoms with van der Waals surface area (Å²) in [4.78, 5) is 25.9. The van der Waals surface area contributed by atoms with Crippen molar-refractivity contribution in [1.29, 1.82) is 0 Å². The highest BCUT2D eigenvalue weighted by Crippen LogP contribution is 2.41. The van der Waals surface area contributed by atoms with E-state index < -0.39 is 37.2 Å². The number of ether oxygens (including phenoxy) is 5. The minimum absolute atomic E-state index is 0.0135. The quantitative estimate of drug-likeness (QED) is 0.0841. The molecule has 0 saturated carbocycles. The molecule has 0 saturated heterocycles. The average Bonchev–Trinajstić information content (AvgIpc) is 3.26. The van der Waals surface area contributed by atoms with Gasteiger partial charge in [-0.05, 0) is 110 Å². The summed E-state index contributed by atoms with van der Waals surface area (Å²) in [5.74, 6) is 0.513. The highest BCUT2D eigenvalue weighted by atomic mass is 35.5. The lowest BCUT2D eigenvalue weighted by Gasteiger charge is -2.18. The Kier molecular flexibility index (Phi) is 18.5. The molecule has 2 aromatic heterocycles. The van der Waals surface area contributed by atoms with Crippen molar-refractivity contribution < 1.29 is 64.0 Å². The number of rotatable bonds is 9. The Morgan fingerprint density at radius 3 is 1.31 bits per heavy atom. The zero-order chi connectivity index (χ0) is 50.0. The molecule has 6 aromatic rings. The molecule has 0 amide bonds. The summed E-state index contributed by atoms with van der Waals surface area (Å²) in [6.45, 7) is 8.73. The van der Waals surface area contributed by atoms with E-state index in [1.165, 1.54) is 38.5 Å². The van der Waals surface area contributed by atoms with Gasteiger partial charge in [0.2, 0.25) is 0 Å². The maximum absolute atomic E-state index is 13.2. The number of alkyl halides is 6. The molecular weight excluding hydrogens is 950 g/mol. The van der Waals surface area contributed by atoms with Gasteiger partial charge in [0.15, 0.2) is 5.75 Å². The standard InChI is InChI=1S/C24H21F3O5S.C22H19F3O4.C2H3ClOS/c1-13-10-16(12-30-24(25,26)27)11-14(2)18(13)19-21(32-23(33)29-4)15(3)20(31-22(19)28)17-8-6-5-7-9-17;1-12-9-15(11-28-22(23,24)25)10-13(2)17(12)18-19(26)14(3)20(29-21(18)27)16-7-5-4-6-8-16;1-4-2(3)5/h5-11H,12H2,1-4H3;4-10,26H,11H2,1-3H3;1H3. The van der Waals surface area contributed by atoms with Gasteiger partial charge in [-0.25, -0.2) is 9.59 Å². The minimum atomic E-state index is -4.75. The van der Waals surface area contributed by atoms with Crippen LogP contribution in [-0.2, 0) is 32.2 Å². The van der Waals surface area contributed by atoms with Crippen LogP contribution >= 0.6 is 36.0 Å². The van der Waals surface area contributed by atoms with Gasteiger partial charge in [-0.2, -0.15) is 0 Å². The third-order valence-corrected chi connectivity index (χ3v) is 10.3. The maximum atomic E-state index is 13.2. The van der Waals surface area contributed by atoms with Gasteiger partial charge in [-0.1, -0.05) is 84.9 Å². The van der Waals surface area contributed by atoms with Gasteiger partial charge in [0.25, 0.3) is 4.51 Å². The highest BCUT2D eigenvalue weighted by molar-refractivity contribution is 7.82. The number of methoxy groups -OCH3 is 2. The molecule has 0 atom stereocenters. The molecule has 10 nitrogen and oxygen atoms in total. The van der Waals surface area contributed by atoms with E-state index in [2.05, 4.69) is 26.4 Å². The van der Waals surface area contributed by atoms with Crippen LogP contribution < -0.4 is 16.0 Å². The van der Waals surface area contributed by atoms with Crippen LogP contribution in [0, 0.1) is 41.5 Å². The number of aromatic hydroxyl groups is 1. The van der Waals surface area contributed by atoms with Gasteiger partial charge < -0.3 is 28.2 Å². The molecule has 0 aliphatic rings. The summed E-state index contributed by atoms with van der Waals surface area (Å²) in [7, 11) is 2.77. The Hall–Kier alpha value is -6.05. The summed E-state index contributed by atoms with van der Waals surface area (Å²) in [6.07, 6.45) is -9.48. The van der Waals surface area contributed by atoms with Crippen LogP contribution in [0.1, 0.15) is 44.5 Å². The SMILES string of the molecule is COC(=S)Cl.COC(=S)Oc1c(C)c(-c2ccccc2)oc(=O)c1-c1c(C)cc(COC(F)(F)F)cc1C.Cc1cc(COC(F)(F)F)cc(C)c1-c1c(O)c(C)c(-c2ccccc2)oc1=O. The Morgan fingerprint density at radius 2 is 0.955 bits per heavy atom. The molecule has 0 bridgehead atoms. The van der Waals surface area contributed by atoms with Gasteiger partial charge >= 0.3 is 29.2 Å². The van der Waals surface area contributed by atoms with Crippen LogP contribution in [0.15, 0.2) is 103 Å². The number of halogens is 7. The molecular formula is C48H43ClF6O10S2. The summed E-state index contributed by atoms with van der Waals surface area (Å²) < 4.78 is 108. The van der Waals surface area contributed by atoms with Crippen LogP contribution in [0.5, 0.6) is 11.5 Å². The fraction of sp³-hybridized carbons (Fsp3) is 0.250. The van der Waals surface area contributed by atoms with Crippen molar-refractivity contribution >= 4 is 45.8 Å². The predicted octanol–water partition coefficient (Wildman–Crippen LogP) is 13.0. The third-order valence-electron chi connectivity index (χ3n) is 9.71. The summed E-state index contributed by atoms with van der Waals surface area (Å²) >= 11 is 14.3. The Bertz CT molecular complexity index is 2800. The fourth-order valence-electron chi connectivity index (χ4n) is 7.03. The van der Waals surface area contributed by atoms with Crippen molar-refractivity contribution in [2.45, 2.75) is 67.5 Å². The monoisotopic (exact) mass is 992 g/mol. The molecule has 0 spiro atoms. The number of hydrogen-bond donors (Lipinski definition) is 1. The molecule has 19 heteroatoms. The molecule has 2 heterocycles. The molecule has 67 heavy (non-hydrogen) atoms. The van der Waals surface area contributed by atoms with E-state index in [0.717, 1.165) is 0 Å². The number of benzene rings is 4. The lowest BCUT2D eigenvalue weighted by molar-refractivity contribution is -0.331. The van der Waals surface area contributed by atoms with E-state index in [-0.39, 0.29) is 38.1 Å². The summed E-state index contributed by atoms with van der Waals surface area (Å²) in [5.41, 5.74) is 4.56. The average molecular weight is 993 g/mol. The molecule has 1 N–H and O–H groups in total. The van der Waals surface area contributed by atoms with E-state index in [1.54, 1.807) is 90.1 Å². The first-order valence-corrected chi connectivity index (χ1v) is 20.8. The van der Waals surface area contributed by atoms with Crippen molar-refractivity contribution in [3.05, 3.63) is 150 Å². The molecule has 0 aliphatic carbocycles. The van der Waals surface area contributed by atoms with Crippen LogP contribution in [0.4, 0.5) is 26.3 Å². The normalized spacial score (nSPS) is 11.1. The third kappa shape index (κ3) is 14.5. The second-order valence-corrected chi connectivity index (χ2v) is 15.8. The smallest absolute Gasteiger partial charge is 0.507 e. The Balaban J connectivity index is 0.000000267. The molecule has 6 rings (SSSR count). The van der Waals surface area contributed by atoms with Crippen molar-refractivity contribution in [1.82, 2.24) is 0 Å². The molecule has 356 valence electrons. The Labute approximate surface area is 396 Å². The van der Waals surface area contributed by atoms with Gasteiger partial charge in [-0.3, -0.25) is 9.47 Å². The highest BCUT2D eigenvalue weighted by Gasteiger charge is 2.31. The Morgan fingerprint density at radius 1 is 0.597 bits per heavy atom. The summed E-state index contributed by atoms with van der Waals surface area (Å²) in [5, 5.41) is 10.6. The second-order valence-electron chi connectivity index (χ2n) is 14.5. The molecule has 4 aromatic carbocycles. The first kappa shape index (κ1) is 53.6. The molecule has 0 fully saturated rings. The molecule has 0 radical (unpaired) electrons. The molecule has 0 unspecified atom stereocenters. The van der Waals surface area contributed by atoms with Gasteiger partial charge in [0.05, 0.1) is 27.4 Å². The van der Waals surface area contributed by atoms with Crippen LogP contribution in [0.25, 0.3) is 44.9 Å². The van der Waals surface area contributed by atoms with Crippen molar-refractivity contribution in [2.75, 3.05) is 14.2 Å². The van der Waals surface area contributed by atoms with Crippen LogP contribution in [-0.4, -0.2) is 41.8 Å². The van der Waals surface area contributed by atoms with Crippen molar-refractivity contribution in [3.63, 3.8) is 0 Å². The lowest BCUT2D eigenvalue weighted by Crippen LogP contribution is -2.16. The van der Waals surface area contributed by atoms with Crippen LogP contribution in [0.2, 0.25) is 0 Å². The van der Waals surface area contributed by atoms with Crippen LogP contribution in [0.3, 0.4) is 0 Å². The van der Waals surface area contributed by atoms with Gasteiger partial charge in [0, 0.05) is 34.5 Å². The maximum Gasteiger partial charge on any atom is 0.522 e. The van der Waals surface area contributed by atoms with E-state index in [0.29, 0.717) is 72.5 Å². The van der Waals surface area contributed by atoms with Crippen molar-refractivity contribution in [3.8, 4) is 56.4 Å². The number of hydrogen-bond acceptors (Lipinski definition) is 12. The number of thiocarbonyl (C=S) groups is 2. The van der Waals surface area contributed by atoms with Gasteiger partial charge in [0.1, 0.15) is 28.4 Å². The first-order valence-electron chi connectivity index (χ1n) is 19.6. The van der Waals surface area contributed by atoms with E-state index in [9.17, 15) is 41.0 Å². The second kappa shape index (κ2) is 23.1. The van der Waals surface area contributed by atoms with Gasteiger partial charge in [-0.15, -0.1) is 26.3 Å². The fourth-order valence-corrected chi connectivity index (χ4v) is 7.11. The minimum Gasteiger partial charge on any atom is -0.507 e. The zero-order valence-electron chi connectivity index (χ0n) is 37.1. The predicted molar refractivity (Wildman–Crippen MR) is 249 cm³/mol. The summed E-state index contributed by atoms with van der Waals surface area (Å²) in [6, 6.07) is 24.0. The first-order chi connectivity index (χ1) is 31.4.